The van der Waals surface area contributed by atoms with Crippen LogP contribution in [0.3, 0.4) is 0 Å². The fourth-order valence-corrected chi connectivity index (χ4v) is 4.73. The molecule has 0 aliphatic carbocycles. The van der Waals surface area contributed by atoms with Crippen LogP contribution in [0.15, 0.2) is 36.4 Å². The van der Waals surface area contributed by atoms with Gasteiger partial charge in [-0.25, -0.2) is 13.2 Å². The van der Waals surface area contributed by atoms with E-state index in [0.717, 1.165) is 10.8 Å². The minimum Gasteiger partial charge on any atom is -0.496 e. The molecule has 144 valence electrons. The molecule has 2 atom stereocenters. The minimum absolute atomic E-state index is 0.0560. The molecular weight excluding hydrogens is 370 g/mol. The lowest BCUT2D eigenvalue weighted by molar-refractivity contribution is -0.129. The first-order chi connectivity index (χ1) is 12.8. The number of carbonyl (C=O) groups is 2. The van der Waals surface area contributed by atoms with Gasteiger partial charge in [-0.2, -0.15) is 0 Å². The fraction of sp³-hybridized carbons (Fsp3) is 0.368. The Morgan fingerprint density at radius 1 is 1.19 bits per heavy atom. The topological polar surface area (TPSA) is 98.8 Å². The second-order valence-corrected chi connectivity index (χ2v) is 8.78. The quantitative estimate of drug-likeness (QED) is 0.779. The number of methoxy groups -OCH3 is 1. The molecule has 1 N–H and O–H groups in total. The highest BCUT2D eigenvalue weighted by atomic mass is 32.2. The smallest absolute Gasteiger partial charge is 0.342 e. The number of fused-ring (bicyclic) bond motifs is 1. The van der Waals surface area contributed by atoms with Crippen molar-refractivity contribution in [3.8, 4) is 5.75 Å². The molecule has 1 aliphatic heterocycles. The molecule has 0 radical (unpaired) electrons. The number of amides is 1. The number of benzene rings is 2. The SMILES string of the molecule is COc1cc2ccccc2cc1C(=O)O[C@@H](C)C(=O)N[C@@H]1CCS(=O)(=O)C1. The van der Waals surface area contributed by atoms with Gasteiger partial charge in [0.05, 0.1) is 18.6 Å². The number of carbonyl (C=O) groups excluding carboxylic acids is 2. The molecule has 0 aromatic heterocycles. The number of sulfone groups is 1. The zero-order valence-electron chi connectivity index (χ0n) is 15.1. The number of ether oxygens (including phenoxy) is 2. The van der Waals surface area contributed by atoms with E-state index in [1.165, 1.54) is 14.0 Å². The van der Waals surface area contributed by atoms with Crippen molar-refractivity contribution in [1.82, 2.24) is 5.32 Å². The van der Waals surface area contributed by atoms with E-state index >= 15 is 0 Å². The number of rotatable bonds is 5. The van der Waals surface area contributed by atoms with Crippen LogP contribution in [0, 0.1) is 0 Å². The zero-order valence-corrected chi connectivity index (χ0v) is 15.9. The van der Waals surface area contributed by atoms with E-state index in [4.69, 9.17) is 9.47 Å². The van der Waals surface area contributed by atoms with Crippen molar-refractivity contribution in [2.24, 2.45) is 0 Å². The Labute approximate surface area is 157 Å². The fourth-order valence-electron chi connectivity index (χ4n) is 3.05. The van der Waals surface area contributed by atoms with Crippen LogP contribution < -0.4 is 10.1 Å². The van der Waals surface area contributed by atoms with Crippen molar-refractivity contribution >= 4 is 32.5 Å². The van der Waals surface area contributed by atoms with Gasteiger partial charge in [0, 0.05) is 6.04 Å². The van der Waals surface area contributed by atoms with E-state index in [1.807, 2.05) is 24.3 Å². The van der Waals surface area contributed by atoms with E-state index in [-0.39, 0.29) is 17.1 Å². The number of hydrogen-bond acceptors (Lipinski definition) is 6. The summed E-state index contributed by atoms with van der Waals surface area (Å²) in [6, 6.07) is 10.5. The molecule has 2 aromatic rings. The van der Waals surface area contributed by atoms with Crippen LogP contribution in [0.1, 0.15) is 23.7 Å². The van der Waals surface area contributed by atoms with Crippen LogP contribution in [0.25, 0.3) is 10.8 Å². The van der Waals surface area contributed by atoms with Gasteiger partial charge in [0.1, 0.15) is 11.3 Å². The second kappa shape index (κ2) is 7.56. The summed E-state index contributed by atoms with van der Waals surface area (Å²) >= 11 is 0. The largest absolute Gasteiger partial charge is 0.496 e. The highest BCUT2D eigenvalue weighted by molar-refractivity contribution is 7.91. The third kappa shape index (κ3) is 4.39. The van der Waals surface area contributed by atoms with Crippen molar-refractivity contribution in [3.63, 3.8) is 0 Å². The molecule has 1 amide bonds. The Kier molecular flexibility index (Phi) is 5.36. The van der Waals surface area contributed by atoms with Crippen molar-refractivity contribution in [1.29, 1.82) is 0 Å². The van der Waals surface area contributed by atoms with Gasteiger partial charge in [0.25, 0.3) is 5.91 Å². The summed E-state index contributed by atoms with van der Waals surface area (Å²) in [5.74, 6) is -0.879. The van der Waals surface area contributed by atoms with Crippen molar-refractivity contribution in [2.45, 2.75) is 25.5 Å². The molecule has 2 aromatic carbocycles. The van der Waals surface area contributed by atoms with E-state index < -0.39 is 33.9 Å². The van der Waals surface area contributed by atoms with Crippen LogP contribution in [-0.4, -0.2) is 51.1 Å². The monoisotopic (exact) mass is 391 g/mol. The predicted octanol–water partition coefficient (Wildman–Crippen LogP) is 1.70. The first kappa shape index (κ1) is 19.2. The number of nitrogens with one attached hydrogen (secondary N) is 1. The summed E-state index contributed by atoms with van der Waals surface area (Å²) in [6.45, 7) is 1.45. The van der Waals surface area contributed by atoms with Gasteiger partial charge in [-0.3, -0.25) is 4.79 Å². The molecule has 1 heterocycles. The lowest BCUT2D eigenvalue weighted by atomic mass is 10.1. The van der Waals surface area contributed by atoms with Crippen LogP contribution in [-0.2, 0) is 19.4 Å². The average molecular weight is 391 g/mol. The lowest BCUT2D eigenvalue weighted by Crippen LogP contribution is -2.42. The summed E-state index contributed by atoms with van der Waals surface area (Å²) in [5, 5.41) is 4.38. The van der Waals surface area contributed by atoms with E-state index in [2.05, 4.69) is 5.32 Å². The summed E-state index contributed by atoms with van der Waals surface area (Å²) in [6.07, 6.45) is -0.690. The average Bonchev–Trinajstić information content (AvgIpc) is 2.98. The molecule has 0 unspecified atom stereocenters. The standard InChI is InChI=1S/C19H21NO6S/c1-12(18(21)20-15-7-8-27(23,24)11-15)26-19(22)16-9-13-5-3-4-6-14(13)10-17(16)25-2/h3-6,9-10,12,15H,7-8,11H2,1-2H3,(H,20,21)/t12-,15+/m0/s1. The van der Waals surface area contributed by atoms with Gasteiger partial charge in [0.15, 0.2) is 15.9 Å². The Balaban J connectivity index is 1.71. The minimum atomic E-state index is -3.10. The van der Waals surface area contributed by atoms with Crippen molar-refractivity contribution in [2.75, 3.05) is 18.6 Å². The number of hydrogen-bond donors (Lipinski definition) is 1. The third-order valence-corrected chi connectivity index (χ3v) is 6.29. The highest BCUT2D eigenvalue weighted by Gasteiger charge is 2.31. The van der Waals surface area contributed by atoms with Crippen LogP contribution in [0.2, 0.25) is 0 Å². The van der Waals surface area contributed by atoms with Crippen LogP contribution >= 0.6 is 0 Å². The third-order valence-electron chi connectivity index (χ3n) is 4.52. The maximum atomic E-state index is 12.5. The first-order valence-electron chi connectivity index (χ1n) is 8.57. The zero-order chi connectivity index (χ0) is 19.6. The van der Waals surface area contributed by atoms with Gasteiger partial charge in [-0.05, 0) is 36.2 Å². The molecular formula is C19H21NO6S. The number of esters is 1. The Hall–Kier alpha value is -2.61. The summed E-state index contributed by atoms with van der Waals surface area (Å²) in [5.41, 5.74) is 0.222. The predicted molar refractivity (Wildman–Crippen MR) is 101 cm³/mol. The van der Waals surface area contributed by atoms with Gasteiger partial charge >= 0.3 is 5.97 Å². The normalized spacial score (nSPS) is 19.4. The summed E-state index contributed by atoms with van der Waals surface area (Å²) in [7, 11) is -1.65. The van der Waals surface area contributed by atoms with Crippen LogP contribution in [0.4, 0.5) is 0 Å². The molecule has 0 saturated carbocycles. The molecule has 3 rings (SSSR count). The molecule has 27 heavy (non-hydrogen) atoms. The molecule has 7 nitrogen and oxygen atoms in total. The molecule has 1 fully saturated rings. The summed E-state index contributed by atoms with van der Waals surface area (Å²) in [4.78, 5) is 24.8. The molecule has 0 spiro atoms. The van der Waals surface area contributed by atoms with Gasteiger partial charge in [0.2, 0.25) is 0 Å². The van der Waals surface area contributed by atoms with Crippen LogP contribution in [0.5, 0.6) is 5.75 Å². The van der Waals surface area contributed by atoms with Gasteiger partial charge < -0.3 is 14.8 Å². The lowest BCUT2D eigenvalue weighted by Gasteiger charge is -2.17. The Morgan fingerprint density at radius 2 is 1.85 bits per heavy atom. The van der Waals surface area contributed by atoms with Crippen molar-refractivity contribution < 1.29 is 27.5 Å². The first-order valence-corrected chi connectivity index (χ1v) is 10.4. The van der Waals surface area contributed by atoms with Gasteiger partial charge in [-0.15, -0.1) is 0 Å². The Morgan fingerprint density at radius 3 is 2.44 bits per heavy atom. The van der Waals surface area contributed by atoms with E-state index in [9.17, 15) is 18.0 Å². The van der Waals surface area contributed by atoms with E-state index in [0.29, 0.717) is 12.2 Å². The van der Waals surface area contributed by atoms with Gasteiger partial charge in [-0.1, -0.05) is 24.3 Å². The van der Waals surface area contributed by atoms with E-state index in [1.54, 1.807) is 12.1 Å². The maximum absolute atomic E-state index is 12.5. The molecule has 0 bridgehead atoms. The highest BCUT2D eigenvalue weighted by Crippen LogP contribution is 2.27. The second-order valence-electron chi connectivity index (χ2n) is 6.56. The maximum Gasteiger partial charge on any atom is 0.342 e. The molecule has 1 saturated heterocycles. The molecule has 1 aliphatic rings. The van der Waals surface area contributed by atoms with Crippen molar-refractivity contribution in [3.05, 3.63) is 42.0 Å². The molecule has 8 heteroatoms. The Bertz CT molecular complexity index is 985. The summed E-state index contributed by atoms with van der Waals surface area (Å²) < 4.78 is 33.5.